The molecule has 1 aliphatic rings. The number of aldehydes is 1. The smallest absolute Gasteiger partial charge is 0.185 e. The first-order valence-corrected chi connectivity index (χ1v) is 5.49. The molecule has 0 unspecified atom stereocenters. The fourth-order valence-corrected chi connectivity index (χ4v) is 2.03. The molecule has 1 aliphatic heterocycles. The van der Waals surface area contributed by atoms with E-state index in [1.165, 1.54) is 0 Å². The molecule has 86 valence electrons. The van der Waals surface area contributed by atoms with Crippen LogP contribution in [0.3, 0.4) is 0 Å². The predicted molar refractivity (Wildman–Crippen MR) is 65.3 cm³/mol. The van der Waals surface area contributed by atoms with Crippen molar-refractivity contribution in [3.05, 3.63) is 35.6 Å². The molecule has 0 amide bonds. The van der Waals surface area contributed by atoms with Gasteiger partial charge in [-0.2, -0.15) is 0 Å². The van der Waals surface area contributed by atoms with Crippen molar-refractivity contribution in [2.24, 2.45) is 0 Å². The van der Waals surface area contributed by atoms with Crippen molar-refractivity contribution in [2.45, 2.75) is 19.4 Å². The number of furan rings is 1. The van der Waals surface area contributed by atoms with Crippen LogP contribution in [0.4, 0.5) is 0 Å². The zero-order valence-electron chi connectivity index (χ0n) is 9.69. The van der Waals surface area contributed by atoms with Crippen molar-refractivity contribution in [1.29, 1.82) is 0 Å². The SMILES string of the molecule is CC1(C)C=Cc2c(ccc3cc(C=O)oc23)O1. The molecule has 2 aromatic rings. The average molecular weight is 228 g/mol. The summed E-state index contributed by atoms with van der Waals surface area (Å²) in [5.41, 5.74) is 1.30. The summed E-state index contributed by atoms with van der Waals surface area (Å²) in [5, 5.41) is 0.916. The second kappa shape index (κ2) is 3.23. The van der Waals surface area contributed by atoms with Gasteiger partial charge in [-0.1, -0.05) is 0 Å². The number of ether oxygens (including phenoxy) is 1. The molecule has 0 saturated carbocycles. The number of rotatable bonds is 1. The van der Waals surface area contributed by atoms with E-state index in [2.05, 4.69) is 0 Å². The minimum absolute atomic E-state index is 0.305. The summed E-state index contributed by atoms with van der Waals surface area (Å²) in [5.74, 6) is 1.13. The molecular weight excluding hydrogens is 216 g/mol. The maximum Gasteiger partial charge on any atom is 0.185 e. The summed E-state index contributed by atoms with van der Waals surface area (Å²) in [7, 11) is 0. The van der Waals surface area contributed by atoms with Crippen LogP contribution in [0, 0.1) is 0 Å². The van der Waals surface area contributed by atoms with Gasteiger partial charge in [0.25, 0.3) is 0 Å². The second-order valence-corrected chi connectivity index (χ2v) is 4.70. The zero-order valence-corrected chi connectivity index (χ0v) is 9.69. The molecule has 0 fully saturated rings. The Bertz CT molecular complexity index is 632. The summed E-state index contributed by atoms with van der Waals surface area (Å²) in [6.45, 7) is 3.99. The number of benzene rings is 1. The molecule has 3 nitrogen and oxygen atoms in total. The van der Waals surface area contributed by atoms with Crippen LogP contribution >= 0.6 is 0 Å². The molecule has 1 aromatic carbocycles. The molecule has 3 rings (SSSR count). The van der Waals surface area contributed by atoms with E-state index in [0.717, 1.165) is 16.7 Å². The van der Waals surface area contributed by atoms with Crippen LogP contribution in [0.15, 0.2) is 28.7 Å². The van der Waals surface area contributed by atoms with Gasteiger partial charge in [0, 0.05) is 5.39 Å². The van der Waals surface area contributed by atoms with E-state index in [4.69, 9.17) is 9.15 Å². The van der Waals surface area contributed by atoms with Crippen LogP contribution in [-0.2, 0) is 0 Å². The van der Waals surface area contributed by atoms with Crippen molar-refractivity contribution in [3.63, 3.8) is 0 Å². The van der Waals surface area contributed by atoms with Crippen LogP contribution in [0.1, 0.15) is 30.0 Å². The first-order valence-electron chi connectivity index (χ1n) is 5.49. The molecule has 0 atom stereocenters. The van der Waals surface area contributed by atoms with Crippen LogP contribution < -0.4 is 4.74 Å². The highest BCUT2D eigenvalue weighted by molar-refractivity contribution is 5.93. The Morgan fingerprint density at radius 1 is 1.29 bits per heavy atom. The van der Waals surface area contributed by atoms with E-state index >= 15 is 0 Å². The third-order valence-corrected chi connectivity index (χ3v) is 2.84. The molecule has 0 saturated heterocycles. The van der Waals surface area contributed by atoms with Gasteiger partial charge in [-0.15, -0.1) is 0 Å². The maximum atomic E-state index is 10.7. The fourth-order valence-electron chi connectivity index (χ4n) is 2.03. The van der Waals surface area contributed by atoms with Crippen molar-refractivity contribution in [2.75, 3.05) is 0 Å². The summed E-state index contributed by atoms with van der Waals surface area (Å²) >= 11 is 0. The molecule has 0 aliphatic carbocycles. The Labute approximate surface area is 98.7 Å². The summed E-state index contributed by atoms with van der Waals surface area (Å²) in [4.78, 5) is 10.7. The largest absolute Gasteiger partial charge is 0.483 e. The molecule has 0 radical (unpaired) electrons. The van der Waals surface area contributed by atoms with Crippen molar-refractivity contribution < 1.29 is 13.9 Å². The molecule has 3 heteroatoms. The molecule has 1 aromatic heterocycles. The lowest BCUT2D eigenvalue weighted by Crippen LogP contribution is -2.27. The van der Waals surface area contributed by atoms with E-state index in [9.17, 15) is 4.79 Å². The minimum Gasteiger partial charge on any atom is -0.483 e. The average Bonchev–Trinajstić information content (AvgIpc) is 2.70. The van der Waals surface area contributed by atoms with Crippen molar-refractivity contribution >= 4 is 23.3 Å². The van der Waals surface area contributed by atoms with Crippen molar-refractivity contribution in [3.8, 4) is 5.75 Å². The Kier molecular flexibility index (Phi) is 1.93. The third kappa shape index (κ3) is 1.55. The van der Waals surface area contributed by atoms with E-state index in [-0.39, 0.29) is 5.60 Å². The highest BCUT2D eigenvalue weighted by atomic mass is 16.5. The molecule has 2 heterocycles. The van der Waals surface area contributed by atoms with Gasteiger partial charge in [0.15, 0.2) is 12.0 Å². The Morgan fingerprint density at radius 2 is 2.12 bits per heavy atom. The summed E-state index contributed by atoms with van der Waals surface area (Å²) in [6, 6.07) is 5.54. The van der Waals surface area contributed by atoms with Crippen LogP contribution in [0.5, 0.6) is 5.75 Å². The Hall–Kier alpha value is -2.03. The standard InChI is InChI=1S/C14H12O3/c1-14(2)6-5-11-12(17-14)4-3-9-7-10(8-15)16-13(9)11/h3-8H,1-2H3. The fraction of sp³-hybridized carbons (Fsp3) is 0.214. The first-order chi connectivity index (χ1) is 8.09. The predicted octanol–water partition coefficient (Wildman–Crippen LogP) is 3.43. The highest BCUT2D eigenvalue weighted by Crippen LogP contribution is 2.36. The van der Waals surface area contributed by atoms with E-state index < -0.39 is 0 Å². The topological polar surface area (TPSA) is 39.4 Å². The lowest BCUT2D eigenvalue weighted by Gasteiger charge is -2.27. The normalized spacial score (nSPS) is 16.6. The molecule has 0 bridgehead atoms. The second-order valence-electron chi connectivity index (χ2n) is 4.70. The highest BCUT2D eigenvalue weighted by Gasteiger charge is 2.23. The van der Waals surface area contributed by atoms with Gasteiger partial charge < -0.3 is 9.15 Å². The molecular formula is C14H12O3. The van der Waals surface area contributed by atoms with Crippen LogP contribution in [0.25, 0.3) is 17.0 Å². The molecule has 0 spiro atoms. The lowest BCUT2D eigenvalue weighted by atomic mass is 10.0. The Balaban J connectivity index is 2.26. The van der Waals surface area contributed by atoms with E-state index in [0.29, 0.717) is 17.6 Å². The minimum atomic E-state index is -0.305. The van der Waals surface area contributed by atoms with Gasteiger partial charge in [-0.25, -0.2) is 0 Å². The van der Waals surface area contributed by atoms with Gasteiger partial charge >= 0.3 is 0 Å². The van der Waals surface area contributed by atoms with E-state index in [1.807, 2.05) is 38.1 Å². The van der Waals surface area contributed by atoms with Crippen LogP contribution in [0.2, 0.25) is 0 Å². The van der Waals surface area contributed by atoms with Gasteiger partial charge in [0.2, 0.25) is 0 Å². The quantitative estimate of drug-likeness (QED) is 0.702. The Morgan fingerprint density at radius 3 is 2.88 bits per heavy atom. The zero-order chi connectivity index (χ0) is 12.0. The summed E-state index contributed by atoms with van der Waals surface area (Å²) < 4.78 is 11.3. The maximum absolute atomic E-state index is 10.7. The number of carbonyl (C=O) groups is 1. The number of fused-ring (bicyclic) bond motifs is 3. The van der Waals surface area contributed by atoms with Gasteiger partial charge in [-0.3, -0.25) is 4.79 Å². The number of hydrogen-bond donors (Lipinski definition) is 0. The van der Waals surface area contributed by atoms with Gasteiger partial charge in [-0.05, 0) is 44.2 Å². The van der Waals surface area contributed by atoms with Gasteiger partial charge in [0.1, 0.15) is 16.9 Å². The lowest BCUT2D eigenvalue weighted by molar-refractivity contribution is 0.110. The summed E-state index contributed by atoms with van der Waals surface area (Å²) in [6.07, 6.45) is 4.68. The number of carbonyl (C=O) groups excluding carboxylic acids is 1. The monoisotopic (exact) mass is 228 g/mol. The first kappa shape index (κ1) is 10.1. The third-order valence-electron chi connectivity index (χ3n) is 2.84. The molecule has 0 N–H and O–H groups in total. The van der Waals surface area contributed by atoms with Crippen LogP contribution in [-0.4, -0.2) is 11.9 Å². The van der Waals surface area contributed by atoms with E-state index in [1.54, 1.807) is 6.07 Å². The molecule has 17 heavy (non-hydrogen) atoms. The van der Waals surface area contributed by atoms with Gasteiger partial charge in [0.05, 0.1) is 5.56 Å². The van der Waals surface area contributed by atoms with Crippen molar-refractivity contribution in [1.82, 2.24) is 0 Å². The number of hydrogen-bond acceptors (Lipinski definition) is 3.